The molecule has 1 N–H and O–H groups in total. The van der Waals surface area contributed by atoms with Crippen LogP contribution in [0.3, 0.4) is 0 Å². The van der Waals surface area contributed by atoms with Crippen LogP contribution in [0.4, 0.5) is 0 Å². The first-order chi connectivity index (χ1) is 8.19. The molecule has 0 unspecified atom stereocenters. The number of benzene rings is 1. The molecule has 0 spiro atoms. The Morgan fingerprint density at radius 3 is 2.53 bits per heavy atom. The van der Waals surface area contributed by atoms with Gasteiger partial charge in [-0.1, -0.05) is 13.0 Å². The van der Waals surface area contributed by atoms with Crippen LogP contribution in [0.1, 0.15) is 23.6 Å². The molecule has 2 rings (SSSR count). The Labute approximate surface area is 102 Å². The number of aromatic nitrogens is 2. The Morgan fingerprint density at radius 1 is 1.18 bits per heavy atom. The van der Waals surface area contributed by atoms with Gasteiger partial charge < -0.3 is 5.32 Å². The highest BCUT2D eigenvalue weighted by Crippen LogP contribution is 2.13. The van der Waals surface area contributed by atoms with Crippen molar-refractivity contribution in [2.75, 3.05) is 6.54 Å². The van der Waals surface area contributed by atoms with Crippen LogP contribution in [0.5, 0.6) is 0 Å². The maximum absolute atomic E-state index is 4.40. The number of hydrogen-bond acceptors (Lipinski definition) is 2. The zero-order valence-corrected chi connectivity index (χ0v) is 10.7. The van der Waals surface area contributed by atoms with Crippen molar-refractivity contribution in [2.45, 2.75) is 27.3 Å². The second-order valence-electron chi connectivity index (χ2n) is 4.42. The van der Waals surface area contributed by atoms with Gasteiger partial charge in [0, 0.05) is 18.3 Å². The number of nitrogens with one attached hydrogen (secondary N) is 1. The van der Waals surface area contributed by atoms with E-state index in [9.17, 15) is 0 Å². The van der Waals surface area contributed by atoms with Crippen LogP contribution in [0.15, 0.2) is 30.6 Å². The van der Waals surface area contributed by atoms with E-state index >= 15 is 0 Å². The molecule has 0 saturated carbocycles. The van der Waals surface area contributed by atoms with Crippen LogP contribution in [-0.2, 0) is 6.54 Å². The summed E-state index contributed by atoms with van der Waals surface area (Å²) < 4.78 is 1.94. The maximum atomic E-state index is 4.40. The Morgan fingerprint density at radius 2 is 1.88 bits per heavy atom. The predicted molar refractivity (Wildman–Crippen MR) is 70.4 cm³/mol. The van der Waals surface area contributed by atoms with Gasteiger partial charge in [-0.15, -0.1) is 0 Å². The van der Waals surface area contributed by atoms with E-state index in [0.29, 0.717) is 0 Å². The SMILES string of the molecule is CCNCc1cnn(-c2cc(C)cc(C)c2)c1. The molecule has 0 aliphatic heterocycles. The number of rotatable bonds is 4. The van der Waals surface area contributed by atoms with Crippen molar-refractivity contribution in [3.8, 4) is 5.69 Å². The Bertz CT molecular complexity index is 480. The van der Waals surface area contributed by atoms with Crippen molar-refractivity contribution in [3.63, 3.8) is 0 Å². The summed E-state index contributed by atoms with van der Waals surface area (Å²) in [5, 5.41) is 7.70. The van der Waals surface area contributed by atoms with E-state index in [1.807, 2.05) is 10.9 Å². The summed E-state index contributed by atoms with van der Waals surface area (Å²) >= 11 is 0. The first-order valence-electron chi connectivity index (χ1n) is 6.02. The third-order valence-corrected chi connectivity index (χ3v) is 2.69. The van der Waals surface area contributed by atoms with Crippen molar-refractivity contribution in [2.24, 2.45) is 0 Å². The van der Waals surface area contributed by atoms with E-state index < -0.39 is 0 Å². The summed E-state index contributed by atoms with van der Waals surface area (Å²) in [7, 11) is 0. The van der Waals surface area contributed by atoms with Crippen molar-refractivity contribution in [3.05, 3.63) is 47.3 Å². The maximum Gasteiger partial charge on any atom is 0.0650 e. The molecule has 17 heavy (non-hydrogen) atoms. The lowest BCUT2D eigenvalue weighted by Crippen LogP contribution is -2.10. The van der Waals surface area contributed by atoms with Gasteiger partial charge in [0.25, 0.3) is 0 Å². The normalized spacial score (nSPS) is 10.8. The van der Waals surface area contributed by atoms with E-state index in [0.717, 1.165) is 18.8 Å². The Kier molecular flexibility index (Phi) is 3.59. The van der Waals surface area contributed by atoms with E-state index in [2.05, 4.69) is 55.6 Å². The molecular weight excluding hydrogens is 210 g/mol. The zero-order chi connectivity index (χ0) is 12.3. The molecule has 0 fully saturated rings. The van der Waals surface area contributed by atoms with Gasteiger partial charge in [0.05, 0.1) is 11.9 Å². The van der Waals surface area contributed by atoms with Gasteiger partial charge in [-0.05, 0) is 43.7 Å². The third-order valence-electron chi connectivity index (χ3n) is 2.69. The molecule has 0 radical (unpaired) electrons. The highest BCUT2D eigenvalue weighted by atomic mass is 15.3. The van der Waals surface area contributed by atoms with Gasteiger partial charge in [0.1, 0.15) is 0 Å². The average Bonchev–Trinajstić information content (AvgIpc) is 2.73. The molecule has 1 heterocycles. The van der Waals surface area contributed by atoms with Crippen LogP contribution in [-0.4, -0.2) is 16.3 Å². The molecule has 0 saturated heterocycles. The lowest BCUT2D eigenvalue weighted by molar-refractivity contribution is 0.726. The Balaban J connectivity index is 2.24. The monoisotopic (exact) mass is 229 g/mol. The summed E-state index contributed by atoms with van der Waals surface area (Å²) in [5.74, 6) is 0. The molecule has 0 amide bonds. The molecule has 0 aliphatic carbocycles. The van der Waals surface area contributed by atoms with Gasteiger partial charge in [0.15, 0.2) is 0 Å². The van der Waals surface area contributed by atoms with Gasteiger partial charge in [-0.3, -0.25) is 0 Å². The highest BCUT2D eigenvalue weighted by molar-refractivity contribution is 5.39. The minimum atomic E-state index is 0.876. The van der Waals surface area contributed by atoms with Gasteiger partial charge in [-0.2, -0.15) is 5.10 Å². The molecular formula is C14H19N3. The third kappa shape index (κ3) is 2.94. The molecule has 1 aromatic heterocycles. The number of aryl methyl sites for hydroxylation is 2. The van der Waals surface area contributed by atoms with Gasteiger partial charge >= 0.3 is 0 Å². The number of nitrogens with zero attached hydrogens (tertiary/aromatic N) is 2. The second kappa shape index (κ2) is 5.15. The summed E-state index contributed by atoms with van der Waals surface area (Å²) in [6, 6.07) is 6.47. The second-order valence-corrected chi connectivity index (χ2v) is 4.42. The lowest BCUT2D eigenvalue weighted by Gasteiger charge is -2.04. The van der Waals surface area contributed by atoms with E-state index in [4.69, 9.17) is 0 Å². The Hall–Kier alpha value is -1.61. The minimum Gasteiger partial charge on any atom is -0.313 e. The van der Waals surface area contributed by atoms with Crippen molar-refractivity contribution >= 4 is 0 Å². The smallest absolute Gasteiger partial charge is 0.0650 e. The first-order valence-corrected chi connectivity index (χ1v) is 6.02. The topological polar surface area (TPSA) is 29.9 Å². The predicted octanol–water partition coefficient (Wildman–Crippen LogP) is 2.60. The summed E-state index contributed by atoms with van der Waals surface area (Å²) in [6.45, 7) is 8.18. The van der Waals surface area contributed by atoms with Crippen molar-refractivity contribution < 1.29 is 0 Å². The fraction of sp³-hybridized carbons (Fsp3) is 0.357. The highest BCUT2D eigenvalue weighted by Gasteiger charge is 2.01. The van der Waals surface area contributed by atoms with Crippen molar-refractivity contribution in [1.82, 2.24) is 15.1 Å². The number of hydrogen-bond donors (Lipinski definition) is 1. The minimum absolute atomic E-state index is 0.876. The summed E-state index contributed by atoms with van der Waals surface area (Å²) in [4.78, 5) is 0. The quantitative estimate of drug-likeness (QED) is 0.873. The van der Waals surface area contributed by atoms with Crippen LogP contribution in [0.2, 0.25) is 0 Å². The average molecular weight is 229 g/mol. The molecule has 2 aromatic rings. The molecule has 3 nitrogen and oxygen atoms in total. The van der Waals surface area contributed by atoms with Crippen molar-refractivity contribution in [1.29, 1.82) is 0 Å². The summed E-state index contributed by atoms with van der Waals surface area (Å²) in [6.07, 6.45) is 4.00. The van der Waals surface area contributed by atoms with E-state index in [1.54, 1.807) is 0 Å². The van der Waals surface area contributed by atoms with Gasteiger partial charge in [0.2, 0.25) is 0 Å². The molecule has 1 aromatic carbocycles. The molecule has 3 heteroatoms. The van der Waals surface area contributed by atoms with Crippen LogP contribution in [0, 0.1) is 13.8 Å². The van der Waals surface area contributed by atoms with Crippen LogP contribution < -0.4 is 5.32 Å². The lowest BCUT2D eigenvalue weighted by atomic mass is 10.1. The zero-order valence-electron chi connectivity index (χ0n) is 10.7. The first kappa shape index (κ1) is 11.9. The van der Waals surface area contributed by atoms with Gasteiger partial charge in [-0.25, -0.2) is 4.68 Å². The fourth-order valence-corrected chi connectivity index (χ4v) is 1.94. The van der Waals surface area contributed by atoms with Crippen LogP contribution >= 0.6 is 0 Å². The largest absolute Gasteiger partial charge is 0.313 e. The molecule has 0 bridgehead atoms. The van der Waals surface area contributed by atoms with Crippen LogP contribution in [0.25, 0.3) is 5.69 Å². The van der Waals surface area contributed by atoms with E-state index in [1.165, 1.54) is 16.7 Å². The molecule has 0 aliphatic rings. The standard InChI is InChI=1S/C14H19N3/c1-4-15-8-13-9-16-17(10-13)14-6-11(2)5-12(3)7-14/h5-7,9-10,15H,4,8H2,1-3H3. The molecule has 90 valence electrons. The summed E-state index contributed by atoms with van der Waals surface area (Å²) in [5.41, 5.74) is 4.88. The fourth-order valence-electron chi connectivity index (χ4n) is 1.94. The molecule has 0 atom stereocenters. The van der Waals surface area contributed by atoms with E-state index in [-0.39, 0.29) is 0 Å².